The average molecular weight is 451 g/mol. The summed E-state index contributed by atoms with van der Waals surface area (Å²) in [6.07, 6.45) is 2.62. The van der Waals surface area contributed by atoms with Crippen molar-refractivity contribution in [3.63, 3.8) is 0 Å². The molecule has 2 aromatic rings. The van der Waals surface area contributed by atoms with Crippen molar-refractivity contribution in [2.24, 2.45) is 0 Å². The van der Waals surface area contributed by atoms with Gasteiger partial charge in [0.1, 0.15) is 17.5 Å². The van der Waals surface area contributed by atoms with E-state index in [1.54, 1.807) is 25.0 Å². The third-order valence-electron chi connectivity index (χ3n) is 5.85. The molecule has 8 nitrogen and oxygen atoms in total. The zero-order valence-corrected chi connectivity index (χ0v) is 18.2. The van der Waals surface area contributed by atoms with Crippen LogP contribution in [0, 0.1) is 0 Å². The standard InChI is InChI=1S/C20H25BClFN4O4/c1-21(28)27-13-4-3-5-16(27)19(23)18(9-13)31-20-24-10-15(25-26-20)14-7-6-12(22)8-17(14)30-11-29-2/h6-8,10,13,16,18-19,28H,3-5,9,11H2,1-2H3/t13?,16?,18-,19+/m0/s1. The fraction of sp³-hybridized carbons (Fsp3) is 0.550. The summed E-state index contributed by atoms with van der Waals surface area (Å²) in [5.41, 5.74) is 1.11. The molecule has 2 fully saturated rings. The van der Waals surface area contributed by atoms with E-state index in [0.717, 1.165) is 12.8 Å². The first-order valence-corrected chi connectivity index (χ1v) is 10.7. The van der Waals surface area contributed by atoms with Crippen molar-refractivity contribution in [2.45, 2.75) is 56.9 Å². The van der Waals surface area contributed by atoms with Crippen LogP contribution in [0.15, 0.2) is 24.4 Å². The van der Waals surface area contributed by atoms with Gasteiger partial charge in [-0.1, -0.05) is 23.1 Å². The minimum atomic E-state index is -1.24. The van der Waals surface area contributed by atoms with Gasteiger partial charge in [-0.3, -0.25) is 0 Å². The summed E-state index contributed by atoms with van der Waals surface area (Å²) in [5.74, 6) is 0.487. The summed E-state index contributed by atoms with van der Waals surface area (Å²) in [6, 6.07) is 4.87. The summed E-state index contributed by atoms with van der Waals surface area (Å²) in [5, 5.41) is 18.8. The number of alkyl halides is 1. The quantitative estimate of drug-likeness (QED) is 0.509. The van der Waals surface area contributed by atoms with E-state index in [0.29, 0.717) is 34.9 Å². The molecule has 4 atom stereocenters. The second kappa shape index (κ2) is 9.64. The number of methoxy groups -OCH3 is 1. The predicted octanol–water partition coefficient (Wildman–Crippen LogP) is 3.00. The van der Waals surface area contributed by atoms with Gasteiger partial charge in [-0.25, -0.2) is 9.37 Å². The van der Waals surface area contributed by atoms with Gasteiger partial charge in [0.15, 0.2) is 13.0 Å². The van der Waals surface area contributed by atoms with E-state index in [2.05, 4.69) is 15.2 Å². The molecule has 1 aromatic heterocycles. The third kappa shape index (κ3) is 4.77. The Bertz CT molecular complexity index is 894. The minimum absolute atomic E-state index is 0.0216. The van der Waals surface area contributed by atoms with E-state index in [1.807, 2.05) is 4.81 Å². The lowest BCUT2D eigenvalue weighted by Crippen LogP contribution is -2.64. The summed E-state index contributed by atoms with van der Waals surface area (Å²) < 4.78 is 31.5. The Balaban J connectivity index is 1.49. The van der Waals surface area contributed by atoms with Crippen LogP contribution in [-0.2, 0) is 4.74 Å². The molecule has 0 amide bonds. The van der Waals surface area contributed by atoms with Gasteiger partial charge >= 0.3 is 13.1 Å². The predicted molar refractivity (Wildman–Crippen MR) is 114 cm³/mol. The maximum absolute atomic E-state index is 15.2. The number of rotatable bonds is 7. The van der Waals surface area contributed by atoms with Gasteiger partial charge in [-0.05, 0) is 37.9 Å². The summed E-state index contributed by atoms with van der Waals surface area (Å²) in [6.45, 7) is 1.74. The number of aromatic nitrogens is 3. The van der Waals surface area contributed by atoms with Crippen LogP contribution in [0.25, 0.3) is 11.3 Å². The second-order valence-electron chi connectivity index (χ2n) is 7.88. The lowest BCUT2D eigenvalue weighted by molar-refractivity contribution is -0.0470. The number of hydrogen-bond donors (Lipinski definition) is 1. The smallest absolute Gasteiger partial charge is 0.376 e. The van der Waals surface area contributed by atoms with Gasteiger partial charge in [0.25, 0.3) is 0 Å². The molecule has 2 aliphatic rings. The first-order chi connectivity index (χ1) is 15.0. The second-order valence-corrected chi connectivity index (χ2v) is 8.32. The van der Waals surface area contributed by atoms with Crippen LogP contribution in [-0.4, -0.2) is 70.3 Å². The van der Waals surface area contributed by atoms with Crippen LogP contribution >= 0.6 is 11.6 Å². The zero-order chi connectivity index (χ0) is 22.0. The molecule has 0 aliphatic carbocycles. The molecule has 0 radical (unpaired) electrons. The molecule has 31 heavy (non-hydrogen) atoms. The highest BCUT2D eigenvalue weighted by Gasteiger charge is 2.48. The molecule has 166 valence electrons. The number of ether oxygens (including phenoxy) is 3. The number of fused-ring (bicyclic) bond motifs is 2. The minimum Gasteiger partial charge on any atom is -0.467 e. The first-order valence-electron chi connectivity index (χ1n) is 10.4. The molecule has 3 heterocycles. The topological polar surface area (TPSA) is 89.8 Å². The monoisotopic (exact) mass is 450 g/mol. The lowest BCUT2D eigenvalue weighted by atomic mass is 9.71. The number of piperidine rings is 2. The number of halogens is 2. The van der Waals surface area contributed by atoms with Gasteiger partial charge in [0.05, 0.1) is 6.20 Å². The van der Waals surface area contributed by atoms with Crippen LogP contribution in [0.1, 0.15) is 25.7 Å². The molecule has 1 N–H and O–H groups in total. The lowest BCUT2D eigenvalue weighted by Gasteiger charge is -2.50. The number of nitrogens with zero attached hydrogens (tertiary/aromatic N) is 4. The van der Waals surface area contributed by atoms with E-state index < -0.39 is 19.3 Å². The highest BCUT2D eigenvalue weighted by Crippen LogP contribution is 2.37. The molecule has 2 saturated heterocycles. The van der Waals surface area contributed by atoms with Crippen LogP contribution < -0.4 is 9.47 Å². The Hall–Kier alpha value is -2.01. The summed E-state index contributed by atoms with van der Waals surface area (Å²) in [7, 11) is 0.844. The first kappa shape index (κ1) is 22.2. The maximum Gasteiger partial charge on any atom is 0.376 e. The Morgan fingerprint density at radius 1 is 1.32 bits per heavy atom. The van der Waals surface area contributed by atoms with Crippen LogP contribution in [0.2, 0.25) is 11.8 Å². The van der Waals surface area contributed by atoms with Crippen molar-refractivity contribution in [1.29, 1.82) is 0 Å². The molecule has 2 aliphatic heterocycles. The van der Waals surface area contributed by atoms with Crippen molar-refractivity contribution in [1.82, 2.24) is 20.0 Å². The molecule has 11 heteroatoms. The van der Waals surface area contributed by atoms with E-state index >= 15 is 4.39 Å². The molecule has 0 spiro atoms. The summed E-state index contributed by atoms with van der Waals surface area (Å²) >= 11 is 6.05. The highest BCUT2D eigenvalue weighted by molar-refractivity contribution is 6.45. The normalized spacial score (nSPS) is 25.8. The molecule has 4 rings (SSSR count). The Kier molecular flexibility index (Phi) is 6.91. The fourth-order valence-corrected chi connectivity index (χ4v) is 4.73. The van der Waals surface area contributed by atoms with Crippen molar-refractivity contribution >= 4 is 18.7 Å². The van der Waals surface area contributed by atoms with Gasteiger partial charge in [-0.15, -0.1) is 5.10 Å². The largest absolute Gasteiger partial charge is 0.467 e. The van der Waals surface area contributed by atoms with Crippen molar-refractivity contribution in [3.8, 4) is 23.0 Å². The Labute approximate surface area is 185 Å². The third-order valence-corrected chi connectivity index (χ3v) is 6.08. The molecular formula is C20H25BClFN4O4. The van der Waals surface area contributed by atoms with Crippen molar-refractivity contribution < 1.29 is 23.6 Å². The van der Waals surface area contributed by atoms with Crippen LogP contribution in [0.3, 0.4) is 0 Å². The Morgan fingerprint density at radius 3 is 2.87 bits per heavy atom. The van der Waals surface area contributed by atoms with Gasteiger partial charge < -0.3 is 24.0 Å². The van der Waals surface area contributed by atoms with Crippen molar-refractivity contribution in [3.05, 3.63) is 29.4 Å². The van der Waals surface area contributed by atoms with Gasteiger partial charge in [-0.2, -0.15) is 0 Å². The van der Waals surface area contributed by atoms with Crippen LogP contribution in [0.5, 0.6) is 11.8 Å². The maximum atomic E-state index is 15.2. The molecule has 2 bridgehead atoms. The molecule has 1 aromatic carbocycles. The van der Waals surface area contributed by atoms with Crippen LogP contribution in [0.4, 0.5) is 4.39 Å². The van der Waals surface area contributed by atoms with E-state index in [9.17, 15) is 5.02 Å². The average Bonchev–Trinajstić information content (AvgIpc) is 2.76. The van der Waals surface area contributed by atoms with E-state index in [1.165, 1.54) is 13.3 Å². The van der Waals surface area contributed by atoms with Gasteiger partial charge in [0.2, 0.25) is 0 Å². The number of benzene rings is 1. The highest BCUT2D eigenvalue weighted by atomic mass is 35.5. The SMILES string of the molecule is COCOc1cc(Cl)ccc1-c1cnc(O[C@H]2CC3CCCC([C@H]2F)N3B(C)O)nn1. The summed E-state index contributed by atoms with van der Waals surface area (Å²) in [4.78, 5) is 6.10. The fourth-order valence-electron chi connectivity index (χ4n) is 4.56. The van der Waals surface area contributed by atoms with Gasteiger partial charge in [0, 0.05) is 36.2 Å². The molecule has 0 saturated carbocycles. The van der Waals surface area contributed by atoms with Crippen molar-refractivity contribution in [2.75, 3.05) is 13.9 Å². The van der Waals surface area contributed by atoms with E-state index in [-0.39, 0.29) is 24.9 Å². The molecule has 2 unspecified atom stereocenters. The molecular weight excluding hydrogens is 426 g/mol. The van der Waals surface area contributed by atoms with E-state index in [4.69, 9.17) is 25.8 Å². The Morgan fingerprint density at radius 2 is 2.16 bits per heavy atom. The number of hydrogen-bond acceptors (Lipinski definition) is 8. The zero-order valence-electron chi connectivity index (χ0n) is 17.4.